The molecule has 0 unspecified atom stereocenters. The van der Waals surface area contributed by atoms with E-state index in [0.717, 1.165) is 22.2 Å². The predicted molar refractivity (Wildman–Crippen MR) is 88.2 cm³/mol. The highest BCUT2D eigenvalue weighted by atomic mass is 32.1. The Morgan fingerprint density at radius 2 is 1.91 bits per heavy atom. The zero-order chi connectivity index (χ0) is 15.6. The second kappa shape index (κ2) is 5.65. The molecule has 0 fully saturated rings. The quantitative estimate of drug-likeness (QED) is 0.622. The summed E-state index contributed by atoms with van der Waals surface area (Å²) < 4.78 is 3.88. The molecule has 0 atom stereocenters. The van der Waals surface area contributed by atoms with Crippen molar-refractivity contribution in [1.29, 1.82) is 0 Å². The van der Waals surface area contributed by atoms with E-state index in [-0.39, 0.29) is 0 Å². The Labute approximate surface area is 136 Å². The van der Waals surface area contributed by atoms with Crippen molar-refractivity contribution < 1.29 is 0 Å². The highest BCUT2D eigenvalue weighted by Crippen LogP contribution is 2.22. The van der Waals surface area contributed by atoms with Crippen LogP contribution in [0.3, 0.4) is 0 Å². The van der Waals surface area contributed by atoms with Crippen molar-refractivity contribution in [2.75, 3.05) is 5.73 Å². The summed E-state index contributed by atoms with van der Waals surface area (Å²) in [6.07, 6.45) is 5.45. The minimum atomic E-state index is 0.469. The van der Waals surface area contributed by atoms with Gasteiger partial charge in [-0.25, -0.2) is 9.67 Å². The van der Waals surface area contributed by atoms with E-state index in [4.69, 9.17) is 5.73 Å². The molecule has 8 heteroatoms. The molecular formula is C15H13N7S. The van der Waals surface area contributed by atoms with Gasteiger partial charge in [-0.2, -0.15) is 5.10 Å². The van der Waals surface area contributed by atoms with Crippen LogP contribution in [0.15, 0.2) is 55.0 Å². The Bertz CT molecular complexity index is 922. The molecule has 0 saturated heterocycles. The van der Waals surface area contributed by atoms with Gasteiger partial charge in [0.1, 0.15) is 10.7 Å². The van der Waals surface area contributed by atoms with E-state index in [1.165, 1.54) is 11.3 Å². The molecule has 0 aliphatic heterocycles. The number of benzene rings is 1. The van der Waals surface area contributed by atoms with E-state index in [0.29, 0.717) is 11.7 Å². The maximum absolute atomic E-state index is 5.65. The summed E-state index contributed by atoms with van der Waals surface area (Å²) in [5.74, 6) is 0.820. The summed E-state index contributed by atoms with van der Waals surface area (Å²) in [7, 11) is 0. The lowest BCUT2D eigenvalue weighted by molar-refractivity contribution is 0.773. The van der Waals surface area contributed by atoms with Gasteiger partial charge in [0, 0.05) is 12.4 Å². The van der Waals surface area contributed by atoms with Crippen LogP contribution < -0.4 is 5.73 Å². The highest BCUT2D eigenvalue weighted by molar-refractivity contribution is 7.15. The Hall–Kier alpha value is -3.00. The summed E-state index contributed by atoms with van der Waals surface area (Å²) in [5, 5.41) is 13.6. The second-order valence-corrected chi connectivity index (χ2v) is 5.97. The largest absolute Gasteiger partial charge is 0.374 e. The maximum Gasteiger partial charge on any atom is 0.203 e. The maximum atomic E-state index is 5.65. The van der Waals surface area contributed by atoms with Crippen molar-refractivity contribution in [3.05, 3.63) is 60.0 Å². The molecule has 4 aromatic rings. The first-order valence-corrected chi connectivity index (χ1v) is 7.82. The predicted octanol–water partition coefficient (Wildman–Crippen LogP) is 2.22. The first-order chi connectivity index (χ1) is 11.3. The number of imidazole rings is 1. The number of anilines is 1. The molecule has 0 radical (unpaired) electrons. The highest BCUT2D eigenvalue weighted by Gasteiger charge is 2.14. The zero-order valence-corrected chi connectivity index (χ0v) is 12.9. The van der Waals surface area contributed by atoms with Crippen LogP contribution in [0.25, 0.3) is 17.2 Å². The van der Waals surface area contributed by atoms with Crippen LogP contribution >= 0.6 is 11.3 Å². The minimum absolute atomic E-state index is 0.469. The van der Waals surface area contributed by atoms with Crippen LogP contribution in [0.2, 0.25) is 0 Å². The van der Waals surface area contributed by atoms with Crippen molar-refractivity contribution in [2.45, 2.75) is 6.54 Å². The van der Waals surface area contributed by atoms with Crippen molar-refractivity contribution in [2.24, 2.45) is 0 Å². The van der Waals surface area contributed by atoms with E-state index in [1.54, 1.807) is 12.4 Å². The van der Waals surface area contributed by atoms with E-state index in [2.05, 4.69) is 20.3 Å². The van der Waals surface area contributed by atoms with E-state index in [9.17, 15) is 0 Å². The summed E-state index contributed by atoms with van der Waals surface area (Å²) in [6.45, 7) is 0.574. The minimum Gasteiger partial charge on any atom is -0.374 e. The first-order valence-electron chi connectivity index (χ1n) is 7.00. The van der Waals surface area contributed by atoms with Crippen molar-refractivity contribution in [3.63, 3.8) is 0 Å². The Morgan fingerprint density at radius 1 is 1.04 bits per heavy atom. The second-order valence-electron chi connectivity index (χ2n) is 4.88. The molecule has 0 aliphatic rings. The smallest absolute Gasteiger partial charge is 0.203 e. The first kappa shape index (κ1) is 13.6. The fourth-order valence-electron chi connectivity index (χ4n) is 2.39. The molecule has 7 nitrogen and oxygen atoms in total. The molecule has 3 aromatic heterocycles. The number of aromatic nitrogens is 6. The average Bonchev–Trinajstić information content (AvgIpc) is 3.29. The van der Waals surface area contributed by atoms with Crippen molar-refractivity contribution in [1.82, 2.24) is 29.5 Å². The molecule has 0 amide bonds. The van der Waals surface area contributed by atoms with Gasteiger partial charge in [0.25, 0.3) is 0 Å². The number of rotatable bonds is 4. The Balaban J connectivity index is 1.73. The summed E-state index contributed by atoms with van der Waals surface area (Å²) >= 11 is 1.38. The fraction of sp³-hybridized carbons (Fsp3) is 0.0667. The lowest BCUT2D eigenvalue weighted by atomic mass is 10.3. The summed E-state index contributed by atoms with van der Waals surface area (Å²) in [5.41, 5.74) is 7.55. The number of nitrogens with zero attached hydrogens (tertiary/aromatic N) is 6. The van der Waals surface area contributed by atoms with Crippen molar-refractivity contribution >= 4 is 16.5 Å². The molecule has 114 valence electrons. The van der Waals surface area contributed by atoms with Crippen LogP contribution in [0.4, 0.5) is 5.13 Å². The molecular weight excluding hydrogens is 310 g/mol. The Kier molecular flexibility index (Phi) is 3.35. The average molecular weight is 323 g/mol. The van der Waals surface area contributed by atoms with E-state index in [1.807, 2.05) is 51.8 Å². The molecule has 3 heterocycles. The zero-order valence-electron chi connectivity index (χ0n) is 12.1. The topological polar surface area (TPSA) is 87.4 Å². The number of hydrogen-bond donors (Lipinski definition) is 1. The third-order valence-electron chi connectivity index (χ3n) is 3.38. The number of nitrogen functional groups attached to an aromatic ring is 1. The van der Waals surface area contributed by atoms with Gasteiger partial charge in [0.15, 0.2) is 5.82 Å². The van der Waals surface area contributed by atoms with Crippen LogP contribution in [-0.4, -0.2) is 29.5 Å². The van der Waals surface area contributed by atoms with Gasteiger partial charge < -0.3 is 10.3 Å². The normalized spacial score (nSPS) is 11.0. The molecule has 23 heavy (non-hydrogen) atoms. The molecule has 0 aliphatic carbocycles. The van der Waals surface area contributed by atoms with Crippen molar-refractivity contribution in [3.8, 4) is 17.2 Å². The van der Waals surface area contributed by atoms with E-state index < -0.39 is 0 Å². The van der Waals surface area contributed by atoms with Gasteiger partial charge in [-0.1, -0.05) is 29.5 Å². The third-order valence-corrected chi connectivity index (χ3v) is 4.11. The fourth-order valence-corrected chi connectivity index (χ4v) is 3.00. The Morgan fingerprint density at radius 3 is 2.70 bits per heavy atom. The molecule has 0 saturated carbocycles. The lowest BCUT2D eigenvalue weighted by Crippen LogP contribution is -2.05. The number of nitrogens with two attached hydrogens (primary N) is 1. The SMILES string of the molecule is Nc1nnc(Cn2ccnc2-c2ccnn2-c2ccccc2)s1. The molecule has 2 N–H and O–H groups in total. The van der Waals surface area contributed by atoms with Crippen LogP contribution in [0.1, 0.15) is 5.01 Å². The van der Waals surface area contributed by atoms with Gasteiger partial charge >= 0.3 is 0 Å². The van der Waals surface area contributed by atoms with Gasteiger partial charge in [-0.05, 0) is 18.2 Å². The van der Waals surface area contributed by atoms with Crippen LogP contribution in [-0.2, 0) is 6.54 Å². The molecule has 1 aromatic carbocycles. The third kappa shape index (κ3) is 2.59. The molecule has 4 rings (SSSR count). The van der Waals surface area contributed by atoms with Gasteiger partial charge in [-0.3, -0.25) is 0 Å². The van der Waals surface area contributed by atoms with Crippen LogP contribution in [0.5, 0.6) is 0 Å². The summed E-state index contributed by atoms with van der Waals surface area (Å²) in [6, 6.07) is 11.9. The van der Waals surface area contributed by atoms with Gasteiger partial charge in [-0.15, -0.1) is 10.2 Å². The van der Waals surface area contributed by atoms with Gasteiger partial charge in [0.05, 0.1) is 18.4 Å². The molecule has 0 spiro atoms. The summed E-state index contributed by atoms with van der Waals surface area (Å²) in [4.78, 5) is 4.48. The lowest BCUT2D eigenvalue weighted by Gasteiger charge is -2.09. The number of hydrogen-bond acceptors (Lipinski definition) is 6. The standard InChI is InChI=1S/C15H13N7S/c16-15-20-19-13(23-15)10-21-9-8-17-14(21)12-6-7-18-22(12)11-4-2-1-3-5-11/h1-9H,10H2,(H2,16,20). The van der Waals surface area contributed by atoms with Crippen LogP contribution in [0, 0.1) is 0 Å². The monoisotopic (exact) mass is 323 g/mol. The van der Waals surface area contributed by atoms with Gasteiger partial charge in [0.2, 0.25) is 5.13 Å². The number of para-hydroxylation sites is 1. The molecule has 0 bridgehead atoms. The van der Waals surface area contributed by atoms with E-state index >= 15 is 0 Å².